The van der Waals surface area contributed by atoms with Crippen LogP contribution in [0.1, 0.15) is 10.4 Å². The minimum Gasteiger partial charge on any atom is -0.478 e. The molecule has 4 nitrogen and oxygen atoms in total. The molecule has 0 aliphatic heterocycles. The van der Waals surface area contributed by atoms with E-state index in [-0.39, 0.29) is 5.56 Å². The van der Waals surface area contributed by atoms with E-state index in [9.17, 15) is 4.79 Å². The predicted octanol–water partition coefficient (Wildman–Crippen LogP) is 4.08. The maximum Gasteiger partial charge on any atom is 0.335 e. The van der Waals surface area contributed by atoms with E-state index in [1.54, 1.807) is 6.07 Å². The molecule has 19 heavy (non-hydrogen) atoms. The first-order chi connectivity index (χ1) is 8.97. The fraction of sp³-hybridized carbons (Fsp3) is 0. The highest BCUT2D eigenvalue weighted by atomic mass is 127. The maximum atomic E-state index is 10.8. The van der Waals surface area contributed by atoms with Gasteiger partial charge in [0, 0.05) is 8.04 Å². The summed E-state index contributed by atoms with van der Waals surface area (Å²) in [5, 5.41) is 12.1. The summed E-state index contributed by atoms with van der Waals surface area (Å²) in [4.78, 5) is 10.8. The van der Waals surface area contributed by atoms with Gasteiger partial charge in [-0.1, -0.05) is 15.9 Å². The summed E-state index contributed by atoms with van der Waals surface area (Å²) in [6.07, 6.45) is 0. The molecule has 0 saturated heterocycles. The molecule has 0 aliphatic rings. The molecule has 0 spiro atoms. The lowest BCUT2D eigenvalue weighted by Crippen LogP contribution is -2.02. The van der Waals surface area contributed by atoms with Crippen molar-refractivity contribution in [1.82, 2.24) is 0 Å². The number of hydrogen-bond acceptors (Lipinski definition) is 3. The van der Waals surface area contributed by atoms with Crippen molar-refractivity contribution >= 4 is 61.6 Å². The number of nitrogen functional groups attached to an aromatic ring is 1. The lowest BCUT2D eigenvalue weighted by molar-refractivity contribution is 0.0697. The fourth-order valence-electron chi connectivity index (χ4n) is 1.55. The zero-order valence-corrected chi connectivity index (χ0v) is 13.4. The second-order valence-corrected chi connectivity index (χ2v) is 5.93. The molecule has 0 radical (unpaired) electrons. The van der Waals surface area contributed by atoms with E-state index in [4.69, 9.17) is 10.8 Å². The van der Waals surface area contributed by atoms with Gasteiger partial charge in [-0.25, -0.2) is 4.79 Å². The molecule has 0 amide bonds. The predicted molar refractivity (Wildman–Crippen MR) is 88.0 cm³/mol. The molecule has 0 saturated carbocycles. The van der Waals surface area contributed by atoms with E-state index in [0.29, 0.717) is 11.4 Å². The molecule has 0 aliphatic carbocycles. The van der Waals surface area contributed by atoms with Crippen LogP contribution in [0.2, 0.25) is 0 Å². The minimum absolute atomic E-state index is 0.173. The summed E-state index contributed by atoms with van der Waals surface area (Å²) >= 11 is 5.62. The number of carboxylic acids is 1. The van der Waals surface area contributed by atoms with Crippen LogP contribution in [0, 0.1) is 3.57 Å². The van der Waals surface area contributed by atoms with Gasteiger partial charge >= 0.3 is 5.97 Å². The van der Waals surface area contributed by atoms with Crippen molar-refractivity contribution in [2.75, 3.05) is 11.1 Å². The Bertz CT molecular complexity index is 647. The molecule has 2 aromatic rings. The van der Waals surface area contributed by atoms with Crippen LogP contribution in [0.3, 0.4) is 0 Å². The molecular weight excluding hydrogens is 423 g/mol. The lowest BCUT2D eigenvalue weighted by atomic mass is 10.1. The Hall–Kier alpha value is -1.28. The molecule has 6 heteroatoms. The highest BCUT2D eigenvalue weighted by Crippen LogP contribution is 2.29. The Morgan fingerprint density at radius 1 is 1.21 bits per heavy atom. The number of benzene rings is 2. The van der Waals surface area contributed by atoms with Gasteiger partial charge in [0.1, 0.15) is 0 Å². The number of hydrogen-bond donors (Lipinski definition) is 3. The fourth-order valence-corrected chi connectivity index (χ4v) is 2.38. The van der Waals surface area contributed by atoms with Gasteiger partial charge in [-0.2, -0.15) is 0 Å². The summed E-state index contributed by atoms with van der Waals surface area (Å²) in [7, 11) is 0. The van der Waals surface area contributed by atoms with Crippen molar-refractivity contribution in [2.24, 2.45) is 0 Å². The van der Waals surface area contributed by atoms with Gasteiger partial charge in [0.15, 0.2) is 0 Å². The smallest absolute Gasteiger partial charge is 0.335 e. The molecule has 0 aromatic heterocycles. The molecule has 0 heterocycles. The Labute approximate surface area is 132 Å². The van der Waals surface area contributed by atoms with Gasteiger partial charge in [-0.3, -0.25) is 0 Å². The van der Waals surface area contributed by atoms with Crippen LogP contribution < -0.4 is 11.1 Å². The summed E-state index contributed by atoms with van der Waals surface area (Å²) in [6.45, 7) is 0. The van der Waals surface area contributed by atoms with E-state index in [1.807, 2.05) is 18.2 Å². The van der Waals surface area contributed by atoms with Crippen LogP contribution in [-0.4, -0.2) is 11.1 Å². The molecule has 0 atom stereocenters. The Kier molecular flexibility index (Phi) is 4.31. The SMILES string of the molecule is Nc1cc(C(=O)O)ccc1Nc1cc(Br)ccc1I. The van der Waals surface area contributed by atoms with Crippen molar-refractivity contribution in [1.29, 1.82) is 0 Å². The van der Waals surface area contributed by atoms with Crippen LogP contribution in [0.4, 0.5) is 17.1 Å². The van der Waals surface area contributed by atoms with E-state index in [1.165, 1.54) is 12.1 Å². The summed E-state index contributed by atoms with van der Waals surface area (Å²) in [5.74, 6) is -0.990. The number of nitrogens with two attached hydrogens (primary N) is 1. The number of halogens is 2. The Balaban J connectivity index is 2.33. The average Bonchev–Trinajstić information content (AvgIpc) is 2.36. The Morgan fingerprint density at radius 2 is 1.95 bits per heavy atom. The van der Waals surface area contributed by atoms with Gasteiger partial charge in [0.25, 0.3) is 0 Å². The highest BCUT2D eigenvalue weighted by Gasteiger charge is 2.08. The van der Waals surface area contributed by atoms with Crippen molar-refractivity contribution in [3.05, 3.63) is 50.0 Å². The van der Waals surface area contributed by atoms with Gasteiger partial charge in [0.2, 0.25) is 0 Å². The van der Waals surface area contributed by atoms with Crippen LogP contribution in [0.15, 0.2) is 40.9 Å². The third kappa shape index (κ3) is 3.38. The number of aromatic carboxylic acids is 1. The van der Waals surface area contributed by atoms with Crippen molar-refractivity contribution in [3.8, 4) is 0 Å². The number of carbonyl (C=O) groups is 1. The quantitative estimate of drug-likeness (QED) is 0.504. The Morgan fingerprint density at radius 3 is 2.58 bits per heavy atom. The standard InChI is InChI=1S/C13H10BrIN2O2/c14-8-2-3-9(15)12(6-8)17-11-4-1-7(13(18)19)5-10(11)16/h1-6,17H,16H2,(H,18,19). The first-order valence-electron chi connectivity index (χ1n) is 5.32. The number of rotatable bonds is 3. The zero-order chi connectivity index (χ0) is 14.0. The summed E-state index contributed by atoms with van der Waals surface area (Å²) in [6, 6.07) is 10.5. The number of carboxylic acid groups (broad SMARTS) is 1. The molecule has 0 bridgehead atoms. The zero-order valence-electron chi connectivity index (χ0n) is 9.65. The first kappa shape index (κ1) is 14.1. The average molecular weight is 433 g/mol. The third-order valence-corrected chi connectivity index (χ3v) is 3.93. The summed E-state index contributed by atoms with van der Waals surface area (Å²) < 4.78 is 2.00. The molecule has 2 aromatic carbocycles. The largest absolute Gasteiger partial charge is 0.478 e. The topological polar surface area (TPSA) is 75.4 Å². The van der Waals surface area contributed by atoms with Gasteiger partial charge in [0.05, 0.1) is 22.6 Å². The number of anilines is 3. The molecule has 98 valence electrons. The lowest BCUT2D eigenvalue weighted by Gasteiger charge is -2.12. The van der Waals surface area contributed by atoms with E-state index in [2.05, 4.69) is 43.8 Å². The molecule has 2 rings (SSSR count). The molecular formula is C13H10BrIN2O2. The monoisotopic (exact) mass is 432 g/mol. The maximum absolute atomic E-state index is 10.8. The first-order valence-corrected chi connectivity index (χ1v) is 7.19. The molecule has 4 N–H and O–H groups in total. The van der Waals surface area contributed by atoms with Crippen LogP contribution in [-0.2, 0) is 0 Å². The second-order valence-electron chi connectivity index (χ2n) is 3.86. The van der Waals surface area contributed by atoms with Crippen molar-refractivity contribution < 1.29 is 9.90 Å². The normalized spacial score (nSPS) is 10.2. The van der Waals surface area contributed by atoms with E-state index >= 15 is 0 Å². The van der Waals surface area contributed by atoms with Crippen LogP contribution in [0.25, 0.3) is 0 Å². The molecule has 0 unspecified atom stereocenters. The van der Waals surface area contributed by atoms with E-state index < -0.39 is 5.97 Å². The highest BCUT2D eigenvalue weighted by molar-refractivity contribution is 14.1. The minimum atomic E-state index is -0.990. The van der Waals surface area contributed by atoms with Crippen molar-refractivity contribution in [2.45, 2.75) is 0 Å². The summed E-state index contributed by atoms with van der Waals surface area (Å²) in [5.41, 5.74) is 8.02. The number of nitrogens with one attached hydrogen (secondary N) is 1. The van der Waals surface area contributed by atoms with Gasteiger partial charge in [-0.05, 0) is 59.0 Å². The second kappa shape index (κ2) is 5.79. The van der Waals surface area contributed by atoms with E-state index in [0.717, 1.165) is 13.7 Å². The van der Waals surface area contributed by atoms with Crippen molar-refractivity contribution in [3.63, 3.8) is 0 Å². The third-order valence-electron chi connectivity index (χ3n) is 2.50. The van der Waals surface area contributed by atoms with Crippen LogP contribution in [0.5, 0.6) is 0 Å². The van der Waals surface area contributed by atoms with Gasteiger partial charge < -0.3 is 16.2 Å². The van der Waals surface area contributed by atoms with Gasteiger partial charge in [-0.15, -0.1) is 0 Å². The molecule has 0 fully saturated rings. The van der Waals surface area contributed by atoms with Crippen LogP contribution >= 0.6 is 38.5 Å².